The van der Waals surface area contributed by atoms with Crippen molar-refractivity contribution in [3.05, 3.63) is 65.7 Å². The van der Waals surface area contributed by atoms with Crippen LogP contribution in [0.15, 0.2) is 59.0 Å². The first-order valence-corrected chi connectivity index (χ1v) is 14.3. The standard InChI is InChI=1S/C29H34NO9P/c1-34-24-14-11-19(27(35-2)28(24)36-3)12-15-26(40(33,37-4)38-5)30-22(29(31)32)16-18-10-13-21-20-8-6-7-9-23(20)39-25(21)17-18/h6-11,13-14,17,22,26,30H,12,15-16H2,1-5H3,(H,31,32)/t22-,26+/m0/s1. The Morgan fingerprint density at radius 1 is 0.900 bits per heavy atom. The van der Waals surface area contributed by atoms with Gasteiger partial charge in [0, 0.05) is 25.0 Å². The van der Waals surface area contributed by atoms with Crippen molar-refractivity contribution in [1.82, 2.24) is 5.32 Å². The molecule has 10 nitrogen and oxygen atoms in total. The zero-order chi connectivity index (χ0) is 28.9. The van der Waals surface area contributed by atoms with Gasteiger partial charge in [-0.2, -0.15) is 0 Å². The van der Waals surface area contributed by atoms with Gasteiger partial charge in [0.15, 0.2) is 11.5 Å². The molecule has 0 aliphatic rings. The molecule has 0 bridgehead atoms. The van der Waals surface area contributed by atoms with E-state index >= 15 is 0 Å². The fourth-order valence-corrected chi connectivity index (χ4v) is 6.36. The SMILES string of the molecule is COc1ccc(CC[C@H](N[C@@H](Cc2ccc3c(c2)oc2ccccc23)C(=O)O)P(=O)(OC)OC)c(OC)c1OC. The second kappa shape index (κ2) is 12.7. The van der Waals surface area contributed by atoms with Crippen molar-refractivity contribution in [1.29, 1.82) is 0 Å². The zero-order valence-corrected chi connectivity index (χ0v) is 24.0. The van der Waals surface area contributed by atoms with Gasteiger partial charge in [-0.1, -0.05) is 36.4 Å². The highest BCUT2D eigenvalue weighted by atomic mass is 31.2. The maximum Gasteiger partial charge on any atom is 0.346 e. The molecule has 4 rings (SSSR count). The van der Waals surface area contributed by atoms with Crippen LogP contribution in [0.2, 0.25) is 0 Å². The molecule has 0 unspecified atom stereocenters. The Hall–Kier alpha value is -3.56. The molecule has 40 heavy (non-hydrogen) atoms. The number of methoxy groups -OCH3 is 3. The molecule has 11 heteroatoms. The normalized spacial score (nSPS) is 13.3. The highest BCUT2D eigenvalue weighted by Crippen LogP contribution is 2.52. The summed E-state index contributed by atoms with van der Waals surface area (Å²) in [6, 6.07) is 15.8. The summed E-state index contributed by atoms with van der Waals surface area (Å²) < 4.78 is 46.5. The smallest absolute Gasteiger partial charge is 0.346 e. The number of aliphatic carboxylic acids is 1. The van der Waals surface area contributed by atoms with Gasteiger partial charge in [-0.3, -0.25) is 14.7 Å². The Kier molecular flexibility index (Phi) is 9.37. The van der Waals surface area contributed by atoms with Crippen LogP contribution in [0.3, 0.4) is 0 Å². The zero-order valence-electron chi connectivity index (χ0n) is 23.1. The van der Waals surface area contributed by atoms with Crippen molar-refractivity contribution in [3.63, 3.8) is 0 Å². The first-order valence-electron chi connectivity index (χ1n) is 12.7. The van der Waals surface area contributed by atoms with Gasteiger partial charge in [-0.15, -0.1) is 0 Å². The van der Waals surface area contributed by atoms with Crippen LogP contribution >= 0.6 is 7.60 Å². The lowest BCUT2D eigenvalue weighted by Crippen LogP contribution is -2.45. The average Bonchev–Trinajstić information content (AvgIpc) is 3.35. The molecular formula is C29H34NO9P. The summed E-state index contributed by atoms with van der Waals surface area (Å²) in [7, 11) is 3.39. The van der Waals surface area contributed by atoms with Crippen LogP contribution in [-0.4, -0.2) is 58.4 Å². The minimum absolute atomic E-state index is 0.117. The summed E-state index contributed by atoms with van der Waals surface area (Å²) in [6.45, 7) is 0. The number of para-hydroxylation sites is 1. The van der Waals surface area contributed by atoms with E-state index in [0.717, 1.165) is 27.5 Å². The van der Waals surface area contributed by atoms with Crippen LogP contribution in [-0.2, 0) is 31.2 Å². The fourth-order valence-electron chi connectivity index (χ4n) is 4.90. The molecule has 0 fully saturated rings. The highest BCUT2D eigenvalue weighted by Gasteiger charge is 2.37. The molecule has 0 radical (unpaired) electrons. The Morgan fingerprint density at radius 2 is 1.60 bits per heavy atom. The number of aryl methyl sites for hydroxylation is 1. The molecule has 2 N–H and O–H groups in total. The Morgan fingerprint density at radius 3 is 2.25 bits per heavy atom. The first-order chi connectivity index (χ1) is 19.3. The minimum Gasteiger partial charge on any atom is -0.493 e. The largest absolute Gasteiger partial charge is 0.493 e. The lowest BCUT2D eigenvalue weighted by molar-refractivity contribution is -0.139. The van der Waals surface area contributed by atoms with Gasteiger partial charge >= 0.3 is 13.6 Å². The van der Waals surface area contributed by atoms with Gasteiger partial charge < -0.3 is 32.8 Å². The topological polar surface area (TPSA) is 126 Å². The van der Waals surface area contributed by atoms with E-state index in [9.17, 15) is 14.5 Å². The predicted octanol–water partition coefficient (Wildman–Crippen LogP) is 5.64. The van der Waals surface area contributed by atoms with Crippen LogP contribution in [0, 0.1) is 0 Å². The number of nitrogens with one attached hydrogen (secondary N) is 1. The summed E-state index contributed by atoms with van der Waals surface area (Å²) in [4.78, 5) is 12.4. The maximum atomic E-state index is 13.5. The molecule has 214 valence electrons. The van der Waals surface area contributed by atoms with Crippen LogP contribution < -0.4 is 19.5 Å². The number of hydrogen-bond acceptors (Lipinski definition) is 9. The van der Waals surface area contributed by atoms with E-state index < -0.39 is 25.4 Å². The molecule has 0 aliphatic carbocycles. The lowest BCUT2D eigenvalue weighted by Gasteiger charge is -2.28. The van der Waals surface area contributed by atoms with E-state index in [1.165, 1.54) is 35.5 Å². The third kappa shape index (κ3) is 5.95. The van der Waals surface area contributed by atoms with Crippen molar-refractivity contribution in [2.45, 2.75) is 31.1 Å². The minimum atomic E-state index is -3.73. The van der Waals surface area contributed by atoms with E-state index in [0.29, 0.717) is 29.3 Å². The fraction of sp³-hybridized carbons (Fsp3) is 0.345. The van der Waals surface area contributed by atoms with Gasteiger partial charge in [-0.25, -0.2) is 0 Å². The van der Waals surface area contributed by atoms with Crippen LogP contribution in [0.4, 0.5) is 0 Å². The van der Waals surface area contributed by atoms with E-state index in [1.54, 1.807) is 6.07 Å². The van der Waals surface area contributed by atoms with Crippen LogP contribution in [0.25, 0.3) is 21.9 Å². The molecule has 1 heterocycles. The number of hydrogen-bond donors (Lipinski definition) is 2. The molecule has 0 spiro atoms. The summed E-state index contributed by atoms with van der Waals surface area (Å²) in [5.74, 6) is -0.629. The van der Waals surface area contributed by atoms with E-state index in [1.807, 2.05) is 48.5 Å². The lowest BCUT2D eigenvalue weighted by atomic mass is 10.0. The molecule has 0 saturated heterocycles. The van der Waals surface area contributed by atoms with Gasteiger partial charge in [-0.05, 0) is 48.6 Å². The number of fused-ring (bicyclic) bond motifs is 3. The van der Waals surface area contributed by atoms with Crippen molar-refractivity contribution in [2.24, 2.45) is 0 Å². The van der Waals surface area contributed by atoms with Gasteiger partial charge in [0.25, 0.3) is 0 Å². The first kappa shape index (κ1) is 29.4. The predicted molar refractivity (Wildman–Crippen MR) is 152 cm³/mol. The van der Waals surface area contributed by atoms with E-state index in [4.69, 9.17) is 27.7 Å². The maximum absolute atomic E-state index is 13.5. The third-order valence-electron chi connectivity index (χ3n) is 6.94. The average molecular weight is 572 g/mol. The number of ether oxygens (including phenoxy) is 3. The van der Waals surface area contributed by atoms with Crippen LogP contribution in [0.1, 0.15) is 17.5 Å². The summed E-state index contributed by atoms with van der Waals surface area (Å²) >= 11 is 0. The van der Waals surface area contributed by atoms with Crippen molar-refractivity contribution in [3.8, 4) is 17.2 Å². The van der Waals surface area contributed by atoms with Crippen molar-refractivity contribution >= 4 is 35.5 Å². The Balaban J connectivity index is 1.60. The molecule has 3 aromatic carbocycles. The van der Waals surface area contributed by atoms with Crippen LogP contribution in [0.5, 0.6) is 17.2 Å². The molecule has 0 saturated carbocycles. The molecule has 4 aromatic rings. The highest BCUT2D eigenvalue weighted by molar-refractivity contribution is 7.54. The summed E-state index contributed by atoms with van der Waals surface area (Å²) in [6.07, 6.45) is 0.693. The quantitative estimate of drug-likeness (QED) is 0.184. The Bertz CT molecular complexity index is 1530. The number of carboxylic acids is 1. The molecule has 2 atom stereocenters. The molecule has 0 aliphatic heterocycles. The Labute approximate surface area is 232 Å². The van der Waals surface area contributed by atoms with Gasteiger partial charge in [0.2, 0.25) is 5.75 Å². The molecule has 0 amide bonds. The number of rotatable bonds is 14. The number of carboxylic acid groups (broad SMARTS) is 1. The molecular weight excluding hydrogens is 537 g/mol. The molecule has 1 aromatic heterocycles. The second-order valence-corrected chi connectivity index (χ2v) is 11.6. The van der Waals surface area contributed by atoms with E-state index in [2.05, 4.69) is 5.32 Å². The van der Waals surface area contributed by atoms with Crippen molar-refractivity contribution < 1.29 is 42.1 Å². The number of carbonyl (C=O) groups is 1. The number of benzene rings is 3. The summed E-state index contributed by atoms with van der Waals surface area (Å²) in [5.41, 5.74) is 2.93. The van der Waals surface area contributed by atoms with Crippen molar-refractivity contribution in [2.75, 3.05) is 35.5 Å². The second-order valence-electron chi connectivity index (χ2n) is 9.14. The third-order valence-corrected chi connectivity index (χ3v) is 9.13. The van der Waals surface area contributed by atoms with Gasteiger partial charge in [0.1, 0.15) is 23.0 Å². The number of furan rings is 1. The van der Waals surface area contributed by atoms with Gasteiger partial charge in [0.05, 0.1) is 21.3 Å². The van der Waals surface area contributed by atoms with E-state index in [-0.39, 0.29) is 12.8 Å². The monoisotopic (exact) mass is 571 g/mol. The summed E-state index contributed by atoms with van der Waals surface area (Å²) in [5, 5.41) is 15.1.